The summed E-state index contributed by atoms with van der Waals surface area (Å²) in [5.41, 5.74) is 2.02. The molecule has 1 atom stereocenters. The molecule has 0 unspecified atom stereocenters. The Labute approximate surface area is 180 Å². The number of hydrogen-bond acceptors (Lipinski definition) is 5. The molecule has 0 spiro atoms. The summed E-state index contributed by atoms with van der Waals surface area (Å²) in [5, 5.41) is 16.5. The summed E-state index contributed by atoms with van der Waals surface area (Å²) >= 11 is 9.82. The number of ether oxygens (including phenoxy) is 2. The van der Waals surface area contributed by atoms with E-state index < -0.39 is 0 Å². The zero-order valence-electron chi connectivity index (χ0n) is 16.3. The monoisotopic (exact) mass is 470 g/mol. The van der Waals surface area contributed by atoms with Crippen LogP contribution in [0, 0.1) is 0 Å². The average molecular weight is 472 g/mol. The molecule has 0 aliphatic carbocycles. The Bertz CT molecular complexity index is 744. The molecule has 0 saturated carbocycles. The maximum atomic E-state index is 9.23. The van der Waals surface area contributed by atoms with Gasteiger partial charge in [-0.15, -0.1) is 0 Å². The molecular formula is C21H28BrClN2O3. The van der Waals surface area contributed by atoms with Crippen LogP contribution in [-0.4, -0.2) is 37.5 Å². The van der Waals surface area contributed by atoms with Gasteiger partial charge in [-0.25, -0.2) is 0 Å². The van der Waals surface area contributed by atoms with Gasteiger partial charge in [0.15, 0.2) is 11.5 Å². The van der Waals surface area contributed by atoms with Crippen LogP contribution in [0.4, 0.5) is 0 Å². The van der Waals surface area contributed by atoms with E-state index in [1.165, 1.54) is 0 Å². The highest BCUT2D eigenvalue weighted by molar-refractivity contribution is 9.10. The Morgan fingerprint density at radius 2 is 1.89 bits per heavy atom. The fraction of sp³-hybridized carbons (Fsp3) is 0.429. The maximum absolute atomic E-state index is 9.23. The van der Waals surface area contributed by atoms with Crippen LogP contribution in [0.25, 0.3) is 0 Å². The molecule has 28 heavy (non-hydrogen) atoms. The first-order valence-corrected chi connectivity index (χ1v) is 10.6. The predicted molar refractivity (Wildman–Crippen MR) is 117 cm³/mol. The smallest absolute Gasteiger partial charge is 0.175 e. The summed E-state index contributed by atoms with van der Waals surface area (Å²) in [6.45, 7) is 7.54. The maximum Gasteiger partial charge on any atom is 0.175 e. The lowest BCUT2D eigenvalue weighted by atomic mass is 10.2. The molecule has 154 valence electrons. The van der Waals surface area contributed by atoms with E-state index in [0.29, 0.717) is 42.8 Å². The molecule has 2 aromatic rings. The van der Waals surface area contributed by atoms with Gasteiger partial charge in [-0.3, -0.25) is 0 Å². The van der Waals surface area contributed by atoms with E-state index >= 15 is 0 Å². The van der Waals surface area contributed by atoms with Crippen LogP contribution in [-0.2, 0) is 13.2 Å². The lowest BCUT2D eigenvalue weighted by Crippen LogP contribution is -2.31. The van der Waals surface area contributed by atoms with Crippen LogP contribution >= 0.6 is 27.5 Å². The summed E-state index contributed by atoms with van der Waals surface area (Å²) in [6.07, 6.45) is -0.331. The molecule has 0 heterocycles. The van der Waals surface area contributed by atoms with Crippen molar-refractivity contribution in [1.29, 1.82) is 0 Å². The summed E-state index contributed by atoms with van der Waals surface area (Å²) < 4.78 is 12.6. The predicted octanol–water partition coefficient (Wildman–Crippen LogP) is 4.14. The first-order valence-electron chi connectivity index (χ1n) is 9.42. The summed E-state index contributed by atoms with van der Waals surface area (Å²) in [4.78, 5) is 0. The van der Waals surface area contributed by atoms with Crippen molar-refractivity contribution in [2.75, 3.05) is 26.2 Å². The highest BCUT2D eigenvalue weighted by Crippen LogP contribution is 2.37. The molecule has 5 nitrogen and oxygen atoms in total. The Kier molecular flexibility index (Phi) is 10.1. The lowest BCUT2D eigenvalue weighted by molar-refractivity contribution is 0.191. The van der Waals surface area contributed by atoms with Crippen LogP contribution in [0.5, 0.6) is 11.5 Å². The Hall–Kier alpha value is -1.31. The fourth-order valence-electron chi connectivity index (χ4n) is 2.61. The third-order valence-electron chi connectivity index (χ3n) is 3.95. The first kappa shape index (κ1) is 23.0. The Morgan fingerprint density at radius 3 is 2.61 bits per heavy atom. The van der Waals surface area contributed by atoms with Gasteiger partial charge in [-0.05, 0) is 53.5 Å². The van der Waals surface area contributed by atoms with E-state index in [9.17, 15) is 5.11 Å². The molecule has 0 bridgehead atoms. The third-order valence-corrected chi connectivity index (χ3v) is 4.90. The van der Waals surface area contributed by atoms with E-state index in [4.69, 9.17) is 21.1 Å². The van der Waals surface area contributed by atoms with Gasteiger partial charge < -0.3 is 25.2 Å². The van der Waals surface area contributed by atoms with Gasteiger partial charge in [-0.2, -0.15) is 0 Å². The quantitative estimate of drug-likeness (QED) is 0.406. The molecule has 2 rings (SSSR count). The summed E-state index contributed by atoms with van der Waals surface area (Å²) in [7, 11) is 0. The molecule has 0 aromatic heterocycles. The van der Waals surface area contributed by atoms with Crippen molar-refractivity contribution in [2.24, 2.45) is 0 Å². The molecule has 0 amide bonds. The first-order chi connectivity index (χ1) is 13.5. The Morgan fingerprint density at radius 1 is 1.14 bits per heavy atom. The van der Waals surface area contributed by atoms with Gasteiger partial charge in [0.2, 0.25) is 0 Å². The minimum absolute atomic E-state index is 0.331. The summed E-state index contributed by atoms with van der Waals surface area (Å²) in [5.74, 6) is 1.37. The van der Waals surface area contributed by atoms with Crippen LogP contribution in [0.15, 0.2) is 40.9 Å². The highest BCUT2D eigenvalue weighted by atomic mass is 79.9. The molecule has 0 fully saturated rings. The van der Waals surface area contributed by atoms with Crippen molar-refractivity contribution >= 4 is 27.5 Å². The zero-order valence-corrected chi connectivity index (χ0v) is 18.6. The standard InChI is InChI=1S/C21H28BrClN2O3/c1-3-27-20-11-16(13-25-9-8-24-12-15(2)26)10-18(22)21(20)28-14-17-6-4-5-7-19(17)23/h4-7,10-11,15,24-26H,3,8-9,12-14H2,1-2H3/t15-/m0/s1. The molecule has 0 aliphatic heterocycles. The van der Waals surface area contributed by atoms with E-state index in [1.807, 2.05) is 43.3 Å². The van der Waals surface area contributed by atoms with E-state index in [-0.39, 0.29) is 6.10 Å². The Balaban J connectivity index is 1.97. The number of nitrogens with one attached hydrogen (secondary N) is 2. The van der Waals surface area contributed by atoms with Crippen molar-refractivity contribution in [3.8, 4) is 11.5 Å². The van der Waals surface area contributed by atoms with Crippen LogP contribution in [0.1, 0.15) is 25.0 Å². The number of rotatable bonds is 12. The molecule has 0 aliphatic rings. The molecular weight excluding hydrogens is 444 g/mol. The van der Waals surface area contributed by atoms with Crippen molar-refractivity contribution < 1.29 is 14.6 Å². The normalized spacial score (nSPS) is 12.0. The summed E-state index contributed by atoms with van der Waals surface area (Å²) in [6, 6.07) is 11.7. The highest BCUT2D eigenvalue weighted by Gasteiger charge is 2.13. The number of hydrogen-bond donors (Lipinski definition) is 3. The van der Waals surface area contributed by atoms with Crippen LogP contribution in [0.2, 0.25) is 5.02 Å². The lowest BCUT2D eigenvalue weighted by Gasteiger charge is -2.16. The van der Waals surface area contributed by atoms with Gasteiger partial charge in [0.05, 0.1) is 17.2 Å². The van der Waals surface area contributed by atoms with E-state index in [2.05, 4.69) is 26.6 Å². The van der Waals surface area contributed by atoms with Gasteiger partial charge in [0.1, 0.15) is 6.61 Å². The SMILES string of the molecule is CCOc1cc(CNCCNC[C@H](C)O)cc(Br)c1OCc1ccccc1Cl. The second-order valence-electron chi connectivity index (χ2n) is 6.45. The zero-order chi connectivity index (χ0) is 20.4. The van der Waals surface area contributed by atoms with Gasteiger partial charge in [-0.1, -0.05) is 29.8 Å². The third kappa shape index (κ3) is 7.60. The molecule has 2 aromatic carbocycles. The van der Waals surface area contributed by atoms with Crippen LogP contribution < -0.4 is 20.1 Å². The number of aliphatic hydroxyl groups excluding tert-OH is 1. The van der Waals surface area contributed by atoms with Gasteiger partial charge >= 0.3 is 0 Å². The molecule has 3 N–H and O–H groups in total. The van der Waals surface area contributed by atoms with Crippen molar-refractivity contribution in [3.05, 3.63) is 57.0 Å². The second-order valence-corrected chi connectivity index (χ2v) is 7.71. The van der Waals surface area contributed by atoms with E-state index in [0.717, 1.165) is 28.7 Å². The number of halogens is 2. The second kappa shape index (κ2) is 12.3. The number of benzene rings is 2. The fourth-order valence-corrected chi connectivity index (χ4v) is 3.41. The van der Waals surface area contributed by atoms with Crippen molar-refractivity contribution in [1.82, 2.24) is 10.6 Å². The van der Waals surface area contributed by atoms with Gasteiger partial charge in [0.25, 0.3) is 0 Å². The van der Waals surface area contributed by atoms with E-state index in [1.54, 1.807) is 6.92 Å². The topological polar surface area (TPSA) is 62.8 Å². The van der Waals surface area contributed by atoms with Crippen molar-refractivity contribution in [3.63, 3.8) is 0 Å². The molecule has 0 saturated heterocycles. The molecule has 7 heteroatoms. The minimum atomic E-state index is -0.331. The van der Waals surface area contributed by atoms with Crippen LogP contribution in [0.3, 0.4) is 0 Å². The largest absolute Gasteiger partial charge is 0.490 e. The number of aliphatic hydroxyl groups is 1. The van der Waals surface area contributed by atoms with Crippen molar-refractivity contribution in [2.45, 2.75) is 33.1 Å². The minimum Gasteiger partial charge on any atom is -0.490 e. The molecule has 0 radical (unpaired) electrons. The van der Waals surface area contributed by atoms with Gasteiger partial charge in [0, 0.05) is 36.8 Å². The average Bonchev–Trinajstić information content (AvgIpc) is 2.65.